The van der Waals surface area contributed by atoms with Gasteiger partial charge in [-0.3, -0.25) is 0 Å². The molecule has 6 rings (SSSR count). The van der Waals surface area contributed by atoms with Crippen LogP contribution in [0.5, 0.6) is 28.7 Å². The first-order chi connectivity index (χ1) is 13.7. The zero-order valence-corrected chi connectivity index (χ0v) is 14.9. The molecule has 0 amide bonds. The molecule has 0 saturated heterocycles. The summed E-state index contributed by atoms with van der Waals surface area (Å²) >= 11 is 0. The molecule has 0 fully saturated rings. The van der Waals surface area contributed by atoms with E-state index in [1.807, 2.05) is 24.3 Å². The van der Waals surface area contributed by atoms with Gasteiger partial charge in [-0.05, 0) is 29.3 Å². The highest BCUT2D eigenvalue weighted by Gasteiger charge is 2.40. The molecule has 2 aromatic rings. The van der Waals surface area contributed by atoms with Crippen molar-refractivity contribution in [1.82, 2.24) is 0 Å². The van der Waals surface area contributed by atoms with Crippen LogP contribution < -0.4 is 29.0 Å². The van der Waals surface area contributed by atoms with Gasteiger partial charge in [0.25, 0.3) is 0 Å². The number of fused-ring (bicyclic) bond motifs is 3. The molecule has 8 heteroatoms. The zero-order chi connectivity index (χ0) is 18.8. The summed E-state index contributed by atoms with van der Waals surface area (Å²) < 4.78 is 32.9. The lowest BCUT2D eigenvalue weighted by Crippen LogP contribution is -2.20. The standard InChI is InChI=1S/C20H15NO7/c1-23-15-2-9(3-16-19(15)28-8-27-16)17-10-4-13-14(26-7-25-13)5-11(10)21-12-6-24-20(22)18(12)17/h2-5,17,21H,6-8H2,1H3. The second-order valence-electron chi connectivity index (χ2n) is 6.78. The van der Waals surface area contributed by atoms with Crippen LogP contribution in [-0.2, 0) is 9.53 Å². The van der Waals surface area contributed by atoms with Crippen LogP contribution in [0.15, 0.2) is 35.5 Å². The first-order valence-corrected chi connectivity index (χ1v) is 8.81. The number of anilines is 1. The third kappa shape index (κ3) is 2.02. The predicted molar refractivity (Wildman–Crippen MR) is 95.1 cm³/mol. The smallest absolute Gasteiger partial charge is 0.337 e. The molecule has 0 aromatic heterocycles. The highest BCUT2D eigenvalue weighted by molar-refractivity contribution is 5.97. The van der Waals surface area contributed by atoms with Crippen LogP contribution in [0, 0.1) is 0 Å². The van der Waals surface area contributed by atoms with Crippen LogP contribution in [0.2, 0.25) is 0 Å². The van der Waals surface area contributed by atoms with Crippen LogP contribution in [0.3, 0.4) is 0 Å². The van der Waals surface area contributed by atoms with Gasteiger partial charge in [0.05, 0.1) is 18.4 Å². The number of benzene rings is 2. The van der Waals surface area contributed by atoms with E-state index in [0.29, 0.717) is 34.3 Å². The normalized spacial score (nSPS) is 20.5. The molecule has 4 aliphatic heterocycles. The Hall–Kier alpha value is -3.55. The number of cyclic esters (lactones) is 1. The molecule has 1 N–H and O–H groups in total. The largest absolute Gasteiger partial charge is 0.493 e. The Labute approximate surface area is 159 Å². The first-order valence-electron chi connectivity index (χ1n) is 8.81. The van der Waals surface area contributed by atoms with Gasteiger partial charge in [-0.2, -0.15) is 0 Å². The van der Waals surface area contributed by atoms with Gasteiger partial charge in [0.2, 0.25) is 19.3 Å². The lowest BCUT2D eigenvalue weighted by molar-refractivity contribution is -0.136. The van der Waals surface area contributed by atoms with Crippen molar-refractivity contribution in [2.24, 2.45) is 0 Å². The van der Waals surface area contributed by atoms with Gasteiger partial charge in [0, 0.05) is 17.7 Å². The SMILES string of the molecule is COc1cc(C2C3=C(COC3=O)Nc3cc4c(cc32)OCO4)cc2c1OCO2. The van der Waals surface area contributed by atoms with Crippen molar-refractivity contribution in [1.29, 1.82) is 0 Å². The second-order valence-corrected chi connectivity index (χ2v) is 6.78. The second kappa shape index (κ2) is 5.48. The molecule has 0 bridgehead atoms. The van der Waals surface area contributed by atoms with Gasteiger partial charge in [-0.25, -0.2) is 4.79 Å². The molecule has 4 aliphatic rings. The van der Waals surface area contributed by atoms with Crippen molar-refractivity contribution in [2.45, 2.75) is 5.92 Å². The van der Waals surface area contributed by atoms with Crippen molar-refractivity contribution in [2.75, 3.05) is 32.6 Å². The maximum Gasteiger partial charge on any atom is 0.337 e. The van der Waals surface area contributed by atoms with Crippen LogP contribution in [0.25, 0.3) is 0 Å². The average molecular weight is 381 g/mol. The summed E-state index contributed by atoms with van der Waals surface area (Å²) in [6, 6.07) is 7.54. The molecule has 4 heterocycles. The summed E-state index contributed by atoms with van der Waals surface area (Å²) in [6.45, 7) is 0.517. The van der Waals surface area contributed by atoms with Crippen LogP contribution in [-0.4, -0.2) is 33.3 Å². The fraction of sp³-hybridized carbons (Fsp3) is 0.250. The Kier molecular flexibility index (Phi) is 3.03. The fourth-order valence-electron chi connectivity index (χ4n) is 4.10. The molecule has 1 atom stereocenters. The van der Waals surface area contributed by atoms with E-state index in [9.17, 15) is 4.79 Å². The molecule has 0 aliphatic carbocycles. The van der Waals surface area contributed by atoms with Gasteiger partial charge in [0.1, 0.15) is 6.61 Å². The van der Waals surface area contributed by atoms with E-state index >= 15 is 0 Å². The van der Waals surface area contributed by atoms with Gasteiger partial charge in [-0.1, -0.05) is 0 Å². The van der Waals surface area contributed by atoms with E-state index in [4.69, 9.17) is 28.4 Å². The third-order valence-corrected chi connectivity index (χ3v) is 5.34. The zero-order valence-electron chi connectivity index (χ0n) is 14.9. The molecule has 1 unspecified atom stereocenters. The number of rotatable bonds is 2. The number of hydrogen-bond acceptors (Lipinski definition) is 8. The van der Waals surface area contributed by atoms with E-state index < -0.39 is 0 Å². The predicted octanol–water partition coefficient (Wildman–Crippen LogP) is 2.52. The summed E-state index contributed by atoms with van der Waals surface area (Å²) in [6.07, 6.45) is 0. The molecular formula is C20H15NO7. The number of esters is 1. The van der Waals surface area contributed by atoms with Gasteiger partial charge in [0.15, 0.2) is 23.0 Å². The molecule has 8 nitrogen and oxygen atoms in total. The summed E-state index contributed by atoms with van der Waals surface area (Å²) in [5, 5.41) is 3.31. The Morgan fingerprint density at radius 2 is 1.75 bits per heavy atom. The van der Waals surface area contributed by atoms with Crippen molar-refractivity contribution in [3.8, 4) is 28.7 Å². The maximum atomic E-state index is 12.6. The maximum absolute atomic E-state index is 12.6. The van der Waals surface area contributed by atoms with Crippen molar-refractivity contribution in [3.05, 3.63) is 46.7 Å². The molecular weight excluding hydrogens is 366 g/mol. The van der Waals surface area contributed by atoms with E-state index in [1.165, 1.54) is 0 Å². The van der Waals surface area contributed by atoms with E-state index in [1.54, 1.807) is 7.11 Å². The molecule has 28 heavy (non-hydrogen) atoms. The fourth-order valence-corrected chi connectivity index (χ4v) is 4.10. The lowest BCUT2D eigenvalue weighted by Gasteiger charge is -2.27. The van der Waals surface area contributed by atoms with Gasteiger partial charge in [-0.15, -0.1) is 0 Å². The van der Waals surface area contributed by atoms with Crippen LogP contribution >= 0.6 is 0 Å². The van der Waals surface area contributed by atoms with Gasteiger partial charge >= 0.3 is 5.97 Å². The number of ether oxygens (including phenoxy) is 6. The molecule has 2 aromatic carbocycles. The van der Waals surface area contributed by atoms with E-state index in [0.717, 1.165) is 22.5 Å². The first kappa shape index (κ1) is 15.5. The van der Waals surface area contributed by atoms with E-state index in [2.05, 4.69) is 5.32 Å². The van der Waals surface area contributed by atoms with Crippen LogP contribution in [0.1, 0.15) is 17.0 Å². The Balaban J connectivity index is 1.58. The lowest BCUT2D eigenvalue weighted by atomic mass is 9.81. The molecule has 0 radical (unpaired) electrons. The van der Waals surface area contributed by atoms with Crippen molar-refractivity contribution in [3.63, 3.8) is 0 Å². The van der Waals surface area contributed by atoms with E-state index in [-0.39, 0.29) is 32.1 Å². The Bertz CT molecular complexity index is 1070. The third-order valence-electron chi connectivity index (χ3n) is 5.34. The van der Waals surface area contributed by atoms with Crippen molar-refractivity contribution >= 4 is 11.7 Å². The average Bonchev–Trinajstić information content (AvgIpc) is 3.43. The van der Waals surface area contributed by atoms with Crippen LogP contribution in [0.4, 0.5) is 5.69 Å². The molecule has 0 saturated carbocycles. The summed E-state index contributed by atoms with van der Waals surface area (Å²) in [7, 11) is 1.57. The van der Waals surface area contributed by atoms with Crippen molar-refractivity contribution < 1.29 is 33.2 Å². The minimum atomic E-state index is -0.362. The Morgan fingerprint density at radius 3 is 2.61 bits per heavy atom. The summed E-state index contributed by atoms with van der Waals surface area (Å²) in [5.41, 5.74) is 3.91. The molecule has 0 spiro atoms. The summed E-state index contributed by atoms with van der Waals surface area (Å²) in [5.74, 6) is 2.32. The number of carbonyl (C=O) groups excluding carboxylic acids is 1. The molecule has 142 valence electrons. The number of carbonyl (C=O) groups is 1. The monoisotopic (exact) mass is 381 g/mol. The number of methoxy groups -OCH3 is 1. The summed E-state index contributed by atoms with van der Waals surface area (Å²) in [4.78, 5) is 12.6. The van der Waals surface area contributed by atoms with Gasteiger partial charge < -0.3 is 33.7 Å². The minimum Gasteiger partial charge on any atom is -0.493 e. The Morgan fingerprint density at radius 1 is 0.964 bits per heavy atom. The highest BCUT2D eigenvalue weighted by atomic mass is 16.7. The number of nitrogens with one attached hydrogen (secondary N) is 1. The quantitative estimate of drug-likeness (QED) is 0.795. The topological polar surface area (TPSA) is 84.5 Å². The highest BCUT2D eigenvalue weighted by Crippen LogP contribution is 2.51. The number of hydrogen-bond donors (Lipinski definition) is 1. The minimum absolute atomic E-state index is 0.132.